The summed E-state index contributed by atoms with van der Waals surface area (Å²) in [4.78, 5) is 6.63. The van der Waals surface area contributed by atoms with Crippen LogP contribution < -0.4 is 0 Å². The van der Waals surface area contributed by atoms with Crippen molar-refractivity contribution in [3.63, 3.8) is 0 Å². The van der Waals surface area contributed by atoms with Crippen molar-refractivity contribution >= 4 is 10.8 Å². The zero-order valence-electron chi connectivity index (χ0n) is 12.6. The fourth-order valence-corrected chi connectivity index (χ4v) is 3.50. The Morgan fingerprint density at radius 3 is 2.91 bits per heavy atom. The predicted octanol–water partition coefficient (Wildman–Crippen LogP) is 3.10. The van der Waals surface area contributed by atoms with E-state index in [1.165, 1.54) is 35.7 Å². The monoisotopic (exact) mass is 292 g/mol. The van der Waals surface area contributed by atoms with Gasteiger partial charge in [0.2, 0.25) is 0 Å². The maximum absolute atomic E-state index is 4.25. The molecule has 0 N–H and O–H groups in total. The zero-order chi connectivity index (χ0) is 14.8. The van der Waals surface area contributed by atoms with Gasteiger partial charge in [0.05, 0.1) is 6.54 Å². The molecule has 2 aromatic carbocycles. The third kappa shape index (κ3) is 2.62. The summed E-state index contributed by atoms with van der Waals surface area (Å²) in [5, 5.41) is 6.95. The molecule has 1 saturated heterocycles. The maximum atomic E-state index is 4.25. The summed E-state index contributed by atoms with van der Waals surface area (Å²) in [5.41, 5.74) is 1.42. The van der Waals surface area contributed by atoms with Crippen LogP contribution in [0.3, 0.4) is 0 Å². The van der Waals surface area contributed by atoms with Crippen molar-refractivity contribution < 1.29 is 0 Å². The van der Waals surface area contributed by atoms with Crippen molar-refractivity contribution in [2.24, 2.45) is 0 Å². The molecule has 22 heavy (non-hydrogen) atoms. The minimum absolute atomic E-state index is 0.556. The molecule has 112 valence electrons. The fourth-order valence-electron chi connectivity index (χ4n) is 3.50. The van der Waals surface area contributed by atoms with Crippen LogP contribution in [0.25, 0.3) is 10.8 Å². The van der Waals surface area contributed by atoms with E-state index in [0.29, 0.717) is 6.04 Å². The van der Waals surface area contributed by atoms with Gasteiger partial charge in [-0.15, -0.1) is 0 Å². The lowest BCUT2D eigenvalue weighted by molar-refractivity contribution is 0.220. The number of benzene rings is 2. The van der Waals surface area contributed by atoms with Crippen molar-refractivity contribution in [2.45, 2.75) is 32.0 Å². The van der Waals surface area contributed by atoms with Crippen LogP contribution in [-0.2, 0) is 13.1 Å². The summed E-state index contributed by atoms with van der Waals surface area (Å²) in [5.74, 6) is 0. The smallest absolute Gasteiger partial charge is 0.137 e. The Morgan fingerprint density at radius 2 is 2.00 bits per heavy atom. The van der Waals surface area contributed by atoms with Gasteiger partial charge in [0, 0.05) is 12.6 Å². The average molecular weight is 292 g/mol. The Bertz CT molecular complexity index is 745. The van der Waals surface area contributed by atoms with Crippen LogP contribution in [0.1, 0.15) is 18.4 Å². The van der Waals surface area contributed by atoms with Crippen LogP contribution >= 0.6 is 0 Å². The molecule has 0 saturated carbocycles. The van der Waals surface area contributed by atoms with Gasteiger partial charge in [-0.25, -0.2) is 4.98 Å². The first-order chi connectivity index (χ1) is 10.9. The van der Waals surface area contributed by atoms with Crippen molar-refractivity contribution in [2.75, 3.05) is 6.54 Å². The van der Waals surface area contributed by atoms with Gasteiger partial charge in [-0.2, -0.15) is 5.10 Å². The van der Waals surface area contributed by atoms with E-state index in [9.17, 15) is 0 Å². The van der Waals surface area contributed by atoms with Crippen LogP contribution in [0.2, 0.25) is 0 Å². The summed E-state index contributed by atoms with van der Waals surface area (Å²) in [6.45, 7) is 3.12. The molecular weight excluding hydrogens is 272 g/mol. The summed E-state index contributed by atoms with van der Waals surface area (Å²) >= 11 is 0. The van der Waals surface area contributed by atoms with E-state index < -0.39 is 0 Å². The summed E-state index contributed by atoms with van der Waals surface area (Å²) in [6, 6.07) is 15.8. The number of rotatable bonds is 4. The van der Waals surface area contributed by atoms with Crippen LogP contribution in [-0.4, -0.2) is 32.3 Å². The topological polar surface area (TPSA) is 34.0 Å². The molecule has 0 aliphatic carbocycles. The molecule has 0 radical (unpaired) electrons. The SMILES string of the molecule is c1ccc2c(CN3CCC[C@@H]3Cn3cncn3)cccc2c1. The molecule has 0 unspecified atom stereocenters. The van der Waals surface area contributed by atoms with E-state index in [1.54, 1.807) is 6.33 Å². The number of hydrogen-bond donors (Lipinski definition) is 0. The normalized spacial score (nSPS) is 19.0. The molecule has 0 amide bonds. The first kappa shape index (κ1) is 13.5. The van der Waals surface area contributed by atoms with Gasteiger partial charge in [-0.3, -0.25) is 9.58 Å². The summed E-state index contributed by atoms with van der Waals surface area (Å²) in [6.07, 6.45) is 5.94. The highest BCUT2D eigenvalue weighted by atomic mass is 15.3. The highest BCUT2D eigenvalue weighted by molar-refractivity contribution is 5.85. The second kappa shape index (κ2) is 5.89. The van der Waals surface area contributed by atoms with E-state index in [-0.39, 0.29) is 0 Å². The Balaban J connectivity index is 1.56. The van der Waals surface area contributed by atoms with Crippen molar-refractivity contribution in [1.82, 2.24) is 19.7 Å². The zero-order valence-corrected chi connectivity index (χ0v) is 12.6. The minimum Gasteiger partial charge on any atom is -0.294 e. The fraction of sp³-hybridized carbons (Fsp3) is 0.333. The number of nitrogens with zero attached hydrogens (tertiary/aromatic N) is 4. The average Bonchev–Trinajstić information content (AvgIpc) is 3.21. The number of likely N-dealkylation sites (tertiary alicyclic amines) is 1. The molecule has 1 atom stereocenters. The van der Waals surface area contributed by atoms with Gasteiger partial charge < -0.3 is 0 Å². The number of hydrogen-bond acceptors (Lipinski definition) is 3. The molecule has 1 aliphatic rings. The molecule has 0 bridgehead atoms. The van der Waals surface area contributed by atoms with E-state index >= 15 is 0 Å². The molecule has 1 fully saturated rings. The molecule has 1 aliphatic heterocycles. The van der Waals surface area contributed by atoms with Gasteiger partial charge in [0.1, 0.15) is 12.7 Å². The van der Waals surface area contributed by atoms with Gasteiger partial charge in [0.15, 0.2) is 0 Å². The molecule has 0 spiro atoms. The van der Waals surface area contributed by atoms with Gasteiger partial charge >= 0.3 is 0 Å². The first-order valence-electron chi connectivity index (χ1n) is 7.93. The minimum atomic E-state index is 0.556. The molecule has 3 aromatic rings. The number of aromatic nitrogens is 3. The standard InChI is InChI=1S/C18H20N4/c1-2-9-18-15(5-1)6-3-7-16(18)11-21-10-4-8-17(21)12-22-14-19-13-20-22/h1-3,5-7,9,13-14,17H,4,8,10-12H2/t17-/m1/s1. The third-order valence-electron chi connectivity index (χ3n) is 4.62. The Kier molecular flexibility index (Phi) is 3.60. The quantitative estimate of drug-likeness (QED) is 0.741. The van der Waals surface area contributed by atoms with Gasteiger partial charge in [-0.05, 0) is 35.7 Å². The summed E-state index contributed by atoms with van der Waals surface area (Å²) < 4.78 is 1.95. The highest BCUT2D eigenvalue weighted by Crippen LogP contribution is 2.25. The largest absolute Gasteiger partial charge is 0.294 e. The first-order valence-corrected chi connectivity index (χ1v) is 7.93. The maximum Gasteiger partial charge on any atom is 0.137 e. The van der Waals surface area contributed by atoms with E-state index in [0.717, 1.165) is 13.1 Å². The Morgan fingerprint density at radius 1 is 1.09 bits per heavy atom. The highest BCUT2D eigenvalue weighted by Gasteiger charge is 2.25. The van der Waals surface area contributed by atoms with Crippen molar-refractivity contribution in [1.29, 1.82) is 0 Å². The second-order valence-corrected chi connectivity index (χ2v) is 6.02. The Labute approximate surface area is 130 Å². The van der Waals surface area contributed by atoms with E-state index in [2.05, 4.69) is 57.4 Å². The van der Waals surface area contributed by atoms with E-state index in [1.807, 2.05) is 11.0 Å². The Hall–Kier alpha value is -2.20. The molecular formula is C18H20N4. The van der Waals surface area contributed by atoms with E-state index in [4.69, 9.17) is 0 Å². The molecule has 2 heterocycles. The van der Waals surface area contributed by atoms with Crippen LogP contribution in [0, 0.1) is 0 Å². The van der Waals surface area contributed by atoms with Crippen LogP contribution in [0.15, 0.2) is 55.1 Å². The molecule has 4 heteroatoms. The lowest BCUT2D eigenvalue weighted by Crippen LogP contribution is -2.32. The van der Waals surface area contributed by atoms with Gasteiger partial charge in [0.25, 0.3) is 0 Å². The molecule has 1 aromatic heterocycles. The molecule has 4 nitrogen and oxygen atoms in total. The van der Waals surface area contributed by atoms with Crippen LogP contribution in [0.5, 0.6) is 0 Å². The van der Waals surface area contributed by atoms with Crippen molar-refractivity contribution in [3.8, 4) is 0 Å². The summed E-state index contributed by atoms with van der Waals surface area (Å²) in [7, 11) is 0. The third-order valence-corrected chi connectivity index (χ3v) is 4.62. The predicted molar refractivity (Wildman–Crippen MR) is 87.4 cm³/mol. The second-order valence-electron chi connectivity index (χ2n) is 6.02. The van der Waals surface area contributed by atoms with Gasteiger partial charge in [-0.1, -0.05) is 42.5 Å². The molecule has 4 rings (SSSR count). The lowest BCUT2D eigenvalue weighted by Gasteiger charge is -2.25. The van der Waals surface area contributed by atoms with Crippen molar-refractivity contribution in [3.05, 3.63) is 60.7 Å². The lowest BCUT2D eigenvalue weighted by atomic mass is 10.0. The van der Waals surface area contributed by atoms with Crippen LogP contribution in [0.4, 0.5) is 0 Å². The number of fused-ring (bicyclic) bond motifs is 1.